The van der Waals surface area contributed by atoms with Crippen molar-refractivity contribution in [2.45, 2.75) is 64.4 Å². The molecule has 0 unspecified atom stereocenters. The number of phenolic OH excluding ortho intramolecular Hbond substituents is 1. The highest BCUT2D eigenvalue weighted by molar-refractivity contribution is 5.56. The van der Waals surface area contributed by atoms with Gasteiger partial charge in [-0.05, 0) is 69.0 Å². The van der Waals surface area contributed by atoms with Crippen LogP contribution < -0.4 is 4.74 Å². The van der Waals surface area contributed by atoms with E-state index in [0.29, 0.717) is 17.2 Å². The molecule has 2 aromatic rings. The van der Waals surface area contributed by atoms with Crippen molar-refractivity contribution in [3.8, 4) is 17.6 Å². The molecule has 2 atom stereocenters. The lowest BCUT2D eigenvalue weighted by Gasteiger charge is -2.47. The van der Waals surface area contributed by atoms with E-state index in [4.69, 9.17) is 4.74 Å². The molecule has 2 aliphatic rings. The van der Waals surface area contributed by atoms with Crippen molar-refractivity contribution in [3.63, 3.8) is 0 Å². The maximum absolute atomic E-state index is 11.1. The van der Waals surface area contributed by atoms with Crippen LogP contribution in [0, 0.1) is 17.2 Å². The average Bonchev–Trinajstić information content (AvgIpc) is 2.66. The number of allylic oxidation sites excluding steroid dienone is 2. The van der Waals surface area contributed by atoms with Crippen LogP contribution in [0.25, 0.3) is 0 Å². The van der Waals surface area contributed by atoms with Crippen LogP contribution in [-0.4, -0.2) is 10.7 Å². The summed E-state index contributed by atoms with van der Waals surface area (Å²) in [6.45, 7) is 10.7. The highest BCUT2D eigenvalue weighted by atomic mass is 16.5. The zero-order valence-corrected chi connectivity index (χ0v) is 17.9. The van der Waals surface area contributed by atoms with Crippen molar-refractivity contribution in [2.75, 3.05) is 0 Å². The molecule has 1 aliphatic carbocycles. The summed E-state index contributed by atoms with van der Waals surface area (Å²) in [5, 5.41) is 20.4. The Bertz CT molecular complexity index is 1040. The molecule has 0 spiro atoms. The molecule has 0 saturated heterocycles. The van der Waals surface area contributed by atoms with Crippen molar-refractivity contribution in [1.29, 1.82) is 5.26 Å². The zero-order valence-electron chi connectivity index (χ0n) is 17.9. The maximum Gasteiger partial charge on any atom is 0.127 e. The van der Waals surface area contributed by atoms with Gasteiger partial charge in [0.05, 0.1) is 11.6 Å². The second kappa shape index (κ2) is 6.66. The van der Waals surface area contributed by atoms with Crippen LogP contribution in [0.15, 0.2) is 48.0 Å². The first-order chi connectivity index (χ1) is 13.6. The fraction of sp³-hybridized carbons (Fsp3) is 0.423. The lowest BCUT2D eigenvalue weighted by molar-refractivity contribution is 0.00745. The molecule has 1 aliphatic heterocycles. The molecule has 1 N–H and O–H groups in total. The third-order valence-electron chi connectivity index (χ3n) is 6.94. The van der Waals surface area contributed by atoms with Gasteiger partial charge in [0.15, 0.2) is 0 Å². The molecule has 0 fully saturated rings. The van der Waals surface area contributed by atoms with Gasteiger partial charge in [-0.25, -0.2) is 0 Å². The van der Waals surface area contributed by atoms with Gasteiger partial charge >= 0.3 is 0 Å². The fourth-order valence-electron chi connectivity index (χ4n) is 5.07. The second-order valence-corrected chi connectivity index (χ2v) is 9.63. The highest BCUT2D eigenvalue weighted by Crippen LogP contribution is 2.55. The van der Waals surface area contributed by atoms with Crippen molar-refractivity contribution in [1.82, 2.24) is 0 Å². The molecular formula is C26H29NO2. The quantitative estimate of drug-likeness (QED) is 0.624. The molecule has 1 heterocycles. The molecule has 0 bridgehead atoms. The van der Waals surface area contributed by atoms with Crippen molar-refractivity contribution >= 4 is 0 Å². The first-order valence-electron chi connectivity index (χ1n) is 10.4. The Morgan fingerprint density at radius 3 is 2.66 bits per heavy atom. The summed E-state index contributed by atoms with van der Waals surface area (Å²) in [4.78, 5) is 0. The molecule has 0 amide bonds. The number of nitrogens with zero attached hydrogens (tertiary/aromatic N) is 1. The SMILES string of the molecule is CC1=CC[C@@H]2[C@@H](C1)c1c(O)cc(C(C)(C)c3cccc(C#N)c3)cc1OC2(C)C. The third kappa shape index (κ3) is 3.21. The standard InChI is InChI=1S/C26H29NO2/c1-16-9-10-21-20(11-16)24-22(28)13-19(14-23(24)29-26(21,4)5)25(2,3)18-8-6-7-17(12-18)15-27/h6-9,12-14,20-21,28H,10-11H2,1-5H3/t20-,21-/m1/s1. The van der Waals surface area contributed by atoms with Crippen molar-refractivity contribution in [3.05, 3.63) is 70.3 Å². The van der Waals surface area contributed by atoms with Gasteiger partial charge in [-0.3, -0.25) is 0 Å². The number of ether oxygens (including phenoxy) is 1. The van der Waals surface area contributed by atoms with E-state index in [2.05, 4.69) is 52.8 Å². The Morgan fingerprint density at radius 2 is 1.93 bits per heavy atom. The van der Waals surface area contributed by atoms with Crippen LogP contribution in [0.5, 0.6) is 11.5 Å². The van der Waals surface area contributed by atoms with Gasteiger partial charge in [-0.2, -0.15) is 5.26 Å². The van der Waals surface area contributed by atoms with Gasteiger partial charge < -0.3 is 9.84 Å². The first-order valence-corrected chi connectivity index (χ1v) is 10.4. The number of aromatic hydroxyl groups is 1. The third-order valence-corrected chi connectivity index (χ3v) is 6.94. The van der Waals surface area contributed by atoms with Gasteiger partial charge in [-0.15, -0.1) is 0 Å². The predicted molar refractivity (Wildman–Crippen MR) is 115 cm³/mol. The van der Waals surface area contributed by atoms with E-state index in [1.54, 1.807) is 0 Å². The van der Waals surface area contributed by atoms with Crippen LogP contribution in [0.2, 0.25) is 0 Å². The molecule has 3 nitrogen and oxygen atoms in total. The molecule has 2 aromatic carbocycles. The van der Waals surface area contributed by atoms with E-state index in [1.165, 1.54) is 5.57 Å². The summed E-state index contributed by atoms with van der Waals surface area (Å²) in [6.07, 6.45) is 4.26. The zero-order chi connectivity index (χ0) is 21.0. The van der Waals surface area contributed by atoms with Gasteiger partial charge in [0, 0.05) is 22.8 Å². The van der Waals surface area contributed by atoms with E-state index in [9.17, 15) is 10.4 Å². The van der Waals surface area contributed by atoms with Crippen LogP contribution in [0.3, 0.4) is 0 Å². The summed E-state index contributed by atoms with van der Waals surface area (Å²) in [5.41, 5.74) is 4.35. The summed E-state index contributed by atoms with van der Waals surface area (Å²) in [5.74, 6) is 1.75. The van der Waals surface area contributed by atoms with E-state index < -0.39 is 0 Å². The minimum absolute atomic E-state index is 0.276. The van der Waals surface area contributed by atoms with Crippen LogP contribution in [-0.2, 0) is 5.41 Å². The lowest BCUT2D eigenvalue weighted by atomic mass is 9.66. The topological polar surface area (TPSA) is 53.2 Å². The Balaban J connectivity index is 1.83. The maximum atomic E-state index is 11.1. The number of rotatable bonds is 2. The van der Waals surface area contributed by atoms with Crippen LogP contribution in [0.1, 0.15) is 75.6 Å². The minimum Gasteiger partial charge on any atom is -0.508 e. The number of phenols is 1. The van der Waals surface area contributed by atoms with E-state index in [-0.39, 0.29) is 16.9 Å². The second-order valence-electron chi connectivity index (χ2n) is 9.63. The Labute approximate surface area is 173 Å². The highest BCUT2D eigenvalue weighted by Gasteiger charge is 2.46. The largest absolute Gasteiger partial charge is 0.508 e. The van der Waals surface area contributed by atoms with Gasteiger partial charge in [0.1, 0.15) is 17.1 Å². The number of fused-ring (bicyclic) bond motifs is 3. The minimum atomic E-state index is -0.369. The predicted octanol–water partition coefficient (Wildman–Crippen LogP) is 6.20. The average molecular weight is 388 g/mol. The molecule has 0 radical (unpaired) electrons. The van der Waals surface area contributed by atoms with Gasteiger partial charge in [-0.1, -0.05) is 37.6 Å². The number of benzene rings is 2. The van der Waals surface area contributed by atoms with E-state index >= 15 is 0 Å². The monoisotopic (exact) mass is 387 g/mol. The van der Waals surface area contributed by atoms with Gasteiger partial charge in [0.25, 0.3) is 0 Å². The Kier molecular flexibility index (Phi) is 4.50. The normalized spacial score (nSPS) is 22.6. The number of nitriles is 1. The summed E-state index contributed by atoms with van der Waals surface area (Å²) in [6, 6.07) is 13.9. The molecule has 0 saturated carbocycles. The van der Waals surface area contributed by atoms with Crippen molar-refractivity contribution in [2.24, 2.45) is 5.92 Å². The molecule has 29 heavy (non-hydrogen) atoms. The Hall–Kier alpha value is -2.73. The smallest absolute Gasteiger partial charge is 0.127 e. The first kappa shape index (κ1) is 19.6. The van der Waals surface area contributed by atoms with Crippen LogP contribution >= 0.6 is 0 Å². The molecule has 3 heteroatoms. The lowest BCUT2D eigenvalue weighted by Crippen LogP contribution is -2.45. The summed E-state index contributed by atoms with van der Waals surface area (Å²) < 4.78 is 6.48. The number of hydrogen-bond donors (Lipinski definition) is 1. The van der Waals surface area contributed by atoms with Crippen molar-refractivity contribution < 1.29 is 9.84 Å². The fourth-order valence-corrected chi connectivity index (χ4v) is 5.07. The van der Waals surface area contributed by atoms with E-state index in [0.717, 1.165) is 35.3 Å². The van der Waals surface area contributed by atoms with Gasteiger partial charge in [0.2, 0.25) is 0 Å². The van der Waals surface area contributed by atoms with Crippen LogP contribution in [0.4, 0.5) is 0 Å². The molecule has 4 rings (SSSR count). The Morgan fingerprint density at radius 1 is 1.17 bits per heavy atom. The molecule has 150 valence electrons. The molecular weight excluding hydrogens is 358 g/mol. The summed E-state index contributed by atoms with van der Waals surface area (Å²) >= 11 is 0. The van der Waals surface area contributed by atoms with E-state index in [1.807, 2.05) is 30.3 Å². The summed E-state index contributed by atoms with van der Waals surface area (Å²) in [7, 11) is 0. The molecule has 0 aromatic heterocycles. The number of hydrogen-bond acceptors (Lipinski definition) is 3.